The number of nitrogens with one attached hydrogen (secondary N) is 2. The molecule has 25 heavy (non-hydrogen) atoms. The SMILES string of the molecule is CC(C)c1n[nH]c(C2CCCN2C(=O)Cc2c[nH]c3ccccc23)n1. The normalized spacial score (nSPS) is 17.7. The summed E-state index contributed by atoms with van der Waals surface area (Å²) < 4.78 is 0. The Labute approximate surface area is 146 Å². The van der Waals surface area contributed by atoms with Crippen LogP contribution in [-0.4, -0.2) is 37.5 Å². The van der Waals surface area contributed by atoms with Crippen molar-refractivity contribution >= 4 is 16.8 Å². The van der Waals surface area contributed by atoms with Gasteiger partial charge in [-0.1, -0.05) is 32.0 Å². The molecule has 2 aromatic heterocycles. The molecule has 0 radical (unpaired) electrons. The molecule has 0 aliphatic carbocycles. The number of amides is 1. The summed E-state index contributed by atoms with van der Waals surface area (Å²) in [6.07, 6.45) is 4.29. The first-order valence-electron chi connectivity index (χ1n) is 8.90. The molecule has 3 aromatic rings. The Kier molecular flexibility index (Phi) is 4.03. The number of H-pyrrole nitrogens is 2. The number of nitrogens with zero attached hydrogens (tertiary/aromatic N) is 3. The van der Waals surface area contributed by atoms with Crippen LogP contribution >= 0.6 is 0 Å². The second kappa shape index (κ2) is 6.35. The van der Waals surface area contributed by atoms with Crippen LogP contribution in [0.25, 0.3) is 10.9 Å². The summed E-state index contributed by atoms with van der Waals surface area (Å²) in [5, 5.41) is 8.45. The lowest BCUT2D eigenvalue weighted by Crippen LogP contribution is -2.32. The first-order chi connectivity index (χ1) is 12.1. The Morgan fingerprint density at radius 1 is 1.36 bits per heavy atom. The summed E-state index contributed by atoms with van der Waals surface area (Å²) in [4.78, 5) is 22.7. The fourth-order valence-electron chi connectivity index (χ4n) is 3.59. The van der Waals surface area contributed by atoms with Gasteiger partial charge in [0, 0.05) is 29.6 Å². The predicted molar refractivity (Wildman–Crippen MR) is 96.2 cm³/mol. The van der Waals surface area contributed by atoms with E-state index in [-0.39, 0.29) is 17.9 Å². The van der Waals surface area contributed by atoms with Crippen molar-refractivity contribution in [2.45, 2.75) is 45.1 Å². The molecule has 3 heterocycles. The highest BCUT2D eigenvalue weighted by atomic mass is 16.2. The molecule has 6 nitrogen and oxygen atoms in total. The first kappa shape index (κ1) is 15.9. The van der Waals surface area contributed by atoms with Crippen molar-refractivity contribution < 1.29 is 4.79 Å². The van der Waals surface area contributed by atoms with Gasteiger partial charge in [0.2, 0.25) is 5.91 Å². The van der Waals surface area contributed by atoms with Crippen LogP contribution in [-0.2, 0) is 11.2 Å². The Balaban J connectivity index is 1.54. The van der Waals surface area contributed by atoms with Gasteiger partial charge in [0.15, 0.2) is 5.82 Å². The number of aromatic amines is 2. The third kappa shape index (κ3) is 2.92. The zero-order valence-electron chi connectivity index (χ0n) is 14.6. The van der Waals surface area contributed by atoms with Crippen molar-refractivity contribution in [1.29, 1.82) is 0 Å². The quantitative estimate of drug-likeness (QED) is 0.766. The van der Waals surface area contributed by atoms with E-state index in [4.69, 9.17) is 0 Å². The third-order valence-corrected chi connectivity index (χ3v) is 4.94. The third-order valence-electron chi connectivity index (χ3n) is 4.94. The lowest BCUT2D eigenvalue weighted by Gasteiger charge is -2.22. The monoisotopic (exact) mass is 337 g/mol. The Bertz CT molecular complexity index is 894. The molecule has 1 saturated heterocycles. The largest absolute Gasteiger partial charge is 0.361 e. The average molecular weight is 337 g/mol. The molecular weight excluding hydrogens is 314 g/mol. The van der Waals surface area contributed by atoms with Crippen molar-refractivity contribution in [3.63, 3.8) is 0 Å². The number of fused-ring (bicyclic) bond motifs is 1. The molecule has 2 N–H and O–H groups in total. The van der Waals surface area contributed by atoms with E-state index >= 15 is 0 Å². The minimum atomic E-state index is 0.0118. The summed E-state index contributed by atoms with van der Waals surface area (Å²) in [6.45, 7) is 4.92. The predicted octanol–water partition coefficient (Wildman–Crippen LogP) is 3.32. The maximum atomic E-state index is 12.9. The molecule has 1 unspecified atom stereocenters. The molecular formula is C19H23N5O. The lowest BCUT2D eigenvalue weighted by atomic mass is 10.1. The van der Waals surface area contributed by atoms with Crippen LogP contribution in [0.1, 0.15) is 55.9 Å². The number of hydrogen-bond acceptors (Lipinski definition) is 3. The molecule has 4 rings (SSSR count). The van der Waals surface area contributed by atoms with Crippen molar-refractivity contribution in [3.05, 3.63) is 47.7 Å². The molecule has 0 spiro atoms. The Morgan fingerprint density at radius 2 is 2.20 bits per heavy atom. The van der Waals surface area contributed by atoms with Crippen LogP contribution in [0.2, 0.25) is 0 Å². The summed E-state index contributed by atoms with van der Waals surface area (Å²) in [5.41, 5.74) is 2.12. The standard InChI is InChI=1S/C19H23N5O/c1-12(2)18-21-19(23-22-18)16-8-5-9-24(16)17(25)10-13-11-20-15-7-4-3-6-14(13)15/h3-4,6-7,11-12,16,20H,5,8-10H2,1-2H3,(H,21,22,23). The smallest absolute Gasteiger partial charge is 0.227 e. The molecule has 1 aliphatic heterocycles. The highest BCUT2D eigenvalue weighted by Gasteiger charge is 2.32. The molecule has 1 aliphatic rings. The van der Waals surface area contributed by atoms with E-state index < -0.39 is 0 Å². The number of rotatable bonds is 4. The van der Waals surface area contributed by atoms with E-state index in [9.17, 15) is 4.79 Å². The Hall–Kier alpha value is -2.63. The van der Waals surface area contributed by atoms with E-state index in [0.29, 0.717) is 6.42 Å². The summed E-state index contributed by atoms with van der Waals surface area (Å²) in [7, 11) is 0. The summed E-state index contributed by atoms with van der Waals surface area (Å²) >= 11 is 0. The number of likely N-dealkylation sites (tertiary alicyclic amines) is 1. The van der Waals surface area contributed by atoms with Crippen LogP contribution in [0.15, 0.2) is 30.5 Å². The van der Waals surface area contributed by atoms with Gasteiger partial charge in [-0.05, 0) is 24.5 Å². The van der Waals surface area contributed by atoms with Gasteiger partial charge in [-0.25, -0.2) is 4.98 Å². The van der Waals surface area contributed by atoms with Gasteiger partial charge in [0.1, 0.15) is 5.82 Å². The van der Waals surface area contributed by atoms with Crippen molar-refractivity contribution in [2.75, 3.05) is 6.54 Å². The number of benzene rings is 1. The maximum absolute atomic E-state index is 12.9. The second-order valence-electron chi connectivity index (χ2n) is 7.01. The van der Waals surface area contributed by atoms with Crippen LogP contribution in [0.4, 0.5) is 0 Å². The van der Waals surface area contributed by atoms with Gasteiger partial charge in [-0.3, -0.25) is 9.89 Å². The number of para-hydroxylation sites is 1. The van der Waals surface area contributed by atoms with Crippen LogP contribution in [0.3, 0.4) is 0 Å². The fourth-order valence-corrected chi connectivity index (χ4v) is 3.59. The highest BCUT2D eigenvalue weighted by molar-refractivity contribution is 5.89. The first-order valence-corrected chi connectivity index (χ1v) is 8.90. The van der Waals surface area contributed by atoms with E-state index in [2.05, 4.69) is 40.1 Å². The molecule has 1 amide bonds. The van der Waals surface area contributed by atoms with E-state index in [1.54, 1.807) is 0 Å². The van der Waals surface area contributed by atoms with Crippen molar-refractivity contribution in [3.8, 4) is 0 Å². The molecule has 1 aromatic carbocycles. The Morgan fingerprint density at radius 3 is 3.00 bits per heavy atom. The van der Waals surface area contributed by atoms with Crippen molar-refractivity contribution in [1.82, 2.24) is 25.1 Å². The van der Waals surface area contributed by atoms with E-state index in [1.165, 1.54) is 0 Å². The van der Waals surface area contributed by atoms with E-state index in [0.717, 1.165) is 47.5 Å². The maximum Gasteiger partial charge on any atom is 0.227 e. The van der Waals surface area contributed by atoms with Crippen LogP contribution in [0.5, 0.6) is 0 Å². The molecule has 0 bridgehead atoms. The second-order valence-corrected chi connectivity index (χ2v) is 7.01. The van der Waals surface area contributed by atoms with Gasteiger partial charge in [-0.15, -0.1) is 0 Å². The highest BCUT2D eigenvalue weighted by Crippen LogP contribution is 2.31. The van der Waals surface area contributed by atoms with Crippen LogP contribution in [0, 0.1) is 0 Å². The summed E-state index contributed by atoms with van der Waals surface area (Å²) in [5.74, 6) is 2.05. The summed E-state index contributed by atoms with van der Waals surface area (Å²) in [6, 6.07) is 8.10. The van der Waals surface area contributed by atoms with Gasteiger partial charge < -0.3 is 9.88 Å². The van der Waals surface area contributed by atoms with Gasteiger partial charge in [-0.2, -0.15) is 5.10 Å². The van der Waals surface area contributed by atoms with Gasteiger partial charge in [0.25, 0.3) is 0 Å². The molecule has 6 heteroatoms. The number of aromatic nitrogens is 4. The fraction of sp³-hybridized carbons (Fsp3) is 0.421. The van der Waals surface area contributed by atoms with Crippen molar-refractivity contribution in [2.24, 2.45) is 0 Å². The number of carbonyl (C=O) groups excluding carboxylic acids is 1. The van der Waals surface area contributed by atoms with Crippen LogP contribution < -0.4 is 0 Å². The minimum absolute atomic E-state index is 0.0118. The zero-order valence-corrected chi connectivity index (χ0v) is 14.6. The minimum Gasteiger partial charge on any atom is -0.361 e. The van der Waals surface area contributed by atoms with E-state index in [1.807, 2.05) is 29.3 Å². The average Bonchev–Trinajstić information content (AvgIpc) is 3.34. The lowest BCUT2D eigenvalue weighted by molar-refractivity contribution is -0.131. The molecule has 130 valence electrons. The molecule has 0 saturated carbocycles. The van der Waals surface area contributed by atoms with Gasteiger partial charge in [0.05, 0.1) is 12.5 Å². The number of carbonyl (C=O) groups is 1. The zero-order chi connectivity index (χ0) is 17.4. The number of hydrogen-bond donors (Lipinski definition) is 2. The molecule has 1 fully saturated rings. The van der Waals surface area contributed by atoms with Gasteiger partial charge >= 0.3 is 0 Å². The molecule has 1 atom stereocenters. The topological polar surface area (TPSA) is 77.7 Å².